The minimum Gasteiger partial charge on any atom is -0.367 e. The van der Waals surface area contributed by atoms with Crippen LogP contribution in [0.1, 0.15) is 115 Å². The van der Waals surface area contributed by atoms with Gasteiger partial charge in [-0.25, -0.2) is 0 Å². The molecule has 0 atom stereocenters. The smallest absolute Gasteiger partial charge is 0.127 e. The fourth-order valence-corrected chi connectivity index (χ4v) is 4.55. The van der Waals surface area contributed by atoms with E-state index in [2.05, 4.69) is 102 Å². The number of anilines is 2. The zero-order chi connectivity index (χ0) is 24.9. The molecular formula is C30H46N2O. The minimum atomic E-state index is -0.446. The lowest BCUT2D eigenvalue weighted by molar-refractivity contribution is -0.114. The monoisotopic (exact) mass is 450 g/mol. The van der Waals surface area contributed by atoms with Crippen molar-refractivity contribution >= 4 is 17.7 Å². The van der Waals surface area contributed by atoms with Crippen molar-refractivity contribution in [3.05, 3.63) is 58.7 Å². The summed E-state index contributed by atoms with van der Waals surface area (Å²) in [5, 5.41) is 3.83. The van der Waals surface area contributed by atoms with Gasteiger partial charge in [0.1, 0.15) is 6.29 Å². The van der Waals surface area contributed by atoms with E-state index in [4.69, 9.17) is 0 Å². The molecule has 3 heteroatoms. The molecular weight excluding hydrogens is 404 g/mol. The van der Waals surface area contributed by atoms with Crippen LogP contribution in [-0.4, -0.2) is 19.5 Å². The van der Waals surface area contributed by atoms with Crippen LogP contribution in [0.25, 0.3) is 0 Å². The van der Waals surface area contributed by atoms with E-state index in [1.165, 1.54) is 33.6 Å². The average molecular weight is 451 g/mol. The number of benzene rings is 2. The highest BCUT2D eigenvalue weighted by Crippen LogP contribution is 2.38. The van der Waals surface area contributed by atoms with Gasteiger partial charge in [-0.05, 0) is 45.9 Å². The summed E-state index contributed by atoms with van der Waals surface area (Å²) in [7, 11) is 0. The van der Waals surface area contributed by atoms with Crippen LogP contribution in [0.15, 0.2) is 36.4 Å². The van der Waals surface area contributed by atoms with E-state index in [9.17, 15) is 4.79 Å². The predicted octanol–water partition coefficient (Wildman–Crippen LogP) is 8.28. The average Bonchev–Trinajstić information content (AvgIpc) is 2.75. The molecule has 0 saturated carbocycles. The summed E-state index contributed by atoms with van der Waals surface area (Å²) >= 11 is 0. The molecule has 0 aliphatic carbocycles. The van der Waals surface area contributed by atoms with E-state index in [1.807, 2.05) is 13.8 Å². The lowest BCUT2D eigenvalue weighted by Crippen LogP contribution is -2.40. The lowest BCUT2D eigenvalue weighted by Gasteiger charge is -2.36. The third kappa shape index (κ3) is 6.62. The van der Waals surface area contributed by atoms with Crippen molar-refractivity contribution in [1.82, 2.24) is 0 Å². The molecule has 0 aliphatic heterocycles. The third-order valence-electron chi connectivity index (χ3n) is 6.40. The highest BCUT2D eigenvalue weighted by atomic mass is 16.1. The Bertz CT molecular complexity index is 872. The number of hydrogen-bond acceptors (Lipinski definition) is 3. The summed E-state index contributed by atoms with van der Waals surface area (Å²) in [5.41, 5.74) is 7.44. The lowest BCUT2D eigenvalue weighted by atomic mass is 9.89. The molecule has 0 bridgehead atoms. The van der Waals surface area contributed by atoms with Crippen molar-refractivity contribution in [3.8, 4) is 0 Å². The largest absolute Gasteiger partial charge is 0.367 e. The summed E-state index contributed by atoms with van der Waals surface area (Å²) in [4.78, 5) is 14.3. The van der Waals surface area contributed by atoms with Crippen molar-refractivity contribution in [3.63, 3.8) is 0 Å². The maximum Gasteiger partial charge on any atom is 0.127 e. The second kappa shape index (κ2) is 11.2. The first-order valence-electron chi connectivity index (χ1n) is 12.6. The number of para-hydroxylation sites is 2. The maximum atomic E-state index is 11.9. The SMILES string of the molecule is CC(C)c1cccc(C(C)C)c1NCN(CC(C)(C)C=O)c1c(C(C)C)cccc1C(C)C. The second-order valence-electron chi connectivity index (χ2n) is 11.4. The minimum absolute atomic E-state index is 0.398. The van der Waals surface area contributed by atoms with Gasteiger partial charge in [0, 0.05) is 23.3 Å². The Labute approximate surface area is 203 Å². The summed E-state index contributed by atoms with van der Waals surface area (Å²) in [6.07, 6.45) is 1.09. The Morgan fingerprint density at radius 1 is 0.758 bits per heavy atom. The van der Waals surface area contributed by atoms with Gasteiger partial charge >= 0.3 is 0 Å². The highest BCUT2D eigenvalue weighted by molar-refractivity contribution is 5.67. The Hall–Kier alpha value is -2.29. The van der Waals surface area contributed by atoms with Crippen LogP contribution < -0.4 is 10.2 Å². The Morgan fingerprint density at radius 2 is 1.15 bits per heavy atom. The first kappa shape index (κ1) is 27.0. The van der Waals surface area contributed by atoms with Gasteiger partial charge in [0.15, 0.2) is 0 Å². The Morgan fingerprint density at radius 3 is 1.52 bits per heavy atom. The van der Waals surface area contributed by atoms with Gasteiger partial charge in [-0.2, -0.15) is 0 Å². The van der Waals surface area contributed by atoms with Crippen LogP contribution in [0.4, 0.5) is 11.4 Å². The summed E-state index contributed by atoms with van der Waals surface area (Å²) in [5.74, 6) is 1.66. The topological polar surface area (TPSA) is 32.3 Å². The van der Waals surface area contributed by atoms with Crippen LogP contribution in [0.5, 0.6) is 0 Å². The molecule has 0 fully saturated rings. The quantitative estimate of drug-likeness (QED) is 0.276. The van der Waals surface area contributed by atoms with Gasteiger partial charge < -0.3 is 15.0 Å². The van der Waals surface area contributed by atoms with Crippen molar-refractivity contribution < 1.29 is 4.79 Å². The summed E-state index contributed by atoms with van der Waals surface area (Å²) < 4.78 is 0. The first-order chi connectivity index (χ1) is 15.4. The van der Waals surface area contributed by atoms with E-state index in [0.29, 0.717) is 36.9 Å². The molecule has 0 amide bonds. The number of carbonyl (C=O) groups excluding carboxylic acids is 1. The zero-order valence-corrected chi connectivity index (χ0v) is 22.6. The molecule has 0 heterocycles. The summed E-state index contributed by atoms with van der Waals surface area (Å²) in [6, 6.07) is 13.3. The van der Waals surface area contributed by atoms with Gasteiger partial charge in [0.05, 0.1) is 6.67 Å². The van der Waals surface area contributed by atoms with Gasteiger partial charge in [0.25, 0.3) is 0 Å². The number of nitrogens with zero attached hydrogens (tertiary/aromatic N) is 1. The summed E-state index contributed by atoms with van der Waals surface area (Å²) in [6.45, 7) is 23.4. The number of rotatable bonds is 11. The molecule has 0 unspecified atom stereocenters. The number of hydrogen-bond donors (Lipinski definition) is 1. The molecule has 182 valence electrons. The normalized spacial score (nSPS) is 12.2. The molecule has 33 heavy (non-hydrogen) atoms. The van der Waals surface area contributed by atoms with Crippen LogP contribution in [0.2, 0.25) is 0 Å². The first-order valence-corrected chi connectivity index (χ1v) is 12.6. The Kier molecular flexibility index (Phi) is 9.17. The van der Waals surface area contributed by atoms with E-state index in [1.54, 1.807) is 0 Å². The van der Waals surface area contributed by atoms with E-state index in [0.717, 1.165) is 6.29 Å². The number of nitrogens with one attached hydrogen (secondary N) is 1. The van der Waals surface area contributed by atoms with Gasteiger partial charge in [0.2, 0.25) is 0 Å². The van der Waals surface area contributed by atoms with Crippen molar-refractivity contribution in [2.75, 3.05) is 23.4 Å². The van der Waals surface area contributed by atoms with E-state index in [-0.39, 0.29) is 0 Å². The maximum absolute atomic E-state index is 11.9. The third-order valence-corrected chi connectivity index (χ3v) is 6.40. The van der Waals surface area contributed by atoms with Crippen molar-refractivity contribution in [2.24, 2.45) is 5.41 Å². The zero-order valence-electron chi connectivity index (χ0n) is 22.6. The fourth-order valence-electron chi connectivity index (χ4n) is 4.55. The van der Waals surface area contributed by atoms with Gasteiger partial charge in [-0.15, -0.1) is 0 Å². The van der Waals surface area contributed by atoms with Gasteiger partial charge in [-0.3, -0.25) is 0 Å². The van der Waals surface area contributed by atoms with Crippen LogP contribution in [0, 0.1) is 5.41 Å². The fraction of sp³-hybridized carbons (Fsp3) is 0.567. The number of aldehydes is 1. The standard InChI is InChI=1S/C30H46N2O/c1-20(2)24-13-11-14-25(21(3)4)28(24)31-19-32(17-30(9,10)18-33)29-26(22(5)6)15-12-16-27(29)23(7)8/h11-16,18,20-23,31H,17,19H2,1-10H3. The van der Waals surface area contributed by atoms with Crippen LogP contribution in [-0.2, 0) is 4.79 Å². The van der Waals surface area contributed by atoms with Gasteiger partial charge in [-0.1, -0.05) is 106 Å². The van der Waals surface area contributed by atoms with Crippen molar-refractivity contribution in [2.45, 2.75) is 92.9 Å². The molecule has 0 aliphatic rings. The second-order valence-corrected chi connectivity index (χ2v) is 11.4. The van der Waals surface area contributed by atoms with E-state index < -0.39 is 5.41 Å². The molecule has 2 rings (SSSR count). The molecule has 0 spiro atoms. The van der Waals surface area contributed by atoms with Crippen LogP contribution >= 0.6 is 0 Å². The Balaban J connectivity index is 2.61. The van der Waals surface area contributed by atoms with Crippen LogP contribution in [0.3, 0.4) is 0 Å². The molecule has 0 aromatic heterocycles. The number of carbonyl (C=O) groups is 1. The van der Waals surface area contributed by atoms with Crippen molar-refractivity contribution in [1.29, 1.82) is 0 Å². The highest BCUT2D eigenvalue weighted by Gasteiger charge is 2.26. The molecule has 1 N–H and O–H groups in total. The molecule has 2 aromatic rings. The van der Waals surface area contributed by atoms with E-state index >= 15 is 0 Å². The molecule has 3 nitrogen and oxygen atoms in total. The molecule has 2 aromatic carbocycles. The molecule has 0 radical (unpaired) electrons. The predicted molar refractivity (Wildman–Crippen MR) is 145 cm³/mol. The molecule has 0 saturated heterocycles.